The van der Waals surface area contributed by atoms with Crippen molar-refractivity contribution in [2.45, 2.75) is 52.7 Å². The predicted octanol–water partition coefficient (Wildman–Crippen LogP) is 1.42. The Morgan fingerprint density at radius 2 is 1.78 bits per heavy atom. The lowest BCUT2D eigenvalue weighted by atomic mass is 10.2. The Hall–Kier alpha value is -0.200. The minimum atomic E-state index is -0.0301. The Labute approximate surface area is 112 Å². The van der Waals surface area contributed by atoms with Crippen LogP contribution < -0.4 is 0 Å². The third-order valence-corrected chi connectivity index (χ3v) is 1.89. The van der Waals surface area contributed by atoms with Crippen molar-refractivity contribution in [2.24, 2.45) is 0 Å². The van der Waals surface area contributed by atoms with Gasteiger partial charge >= 0.3 is 0 Å². The number of rotatable bonds is 5. The van der Waals surface area contributed by atoms with Gasteiger partial charge in [-0.2, -0.15) is 0 Å². The molecule has 1 unspecified atom stereocenters. The molecule has 1 aliphatic rings. The van der Waals surface area contributed by atoms with Crippen LogP contribution in [0.3, 0.4) is 0 Å². The zero-order valence-corrected chi connectivity index (χ0v) is 12.6. The van der Waals surface area contributed by atoms with E-state index in [2.05, 4.69) is 13.8 Å². The lowest BCUT2D eigenvalue weighted by Gasteiger charge is -2.08. The van der Waals surface area contributed by atoms with E-state index in [1.54, 1.807) is 7.11 Å². The topological polar surface area (TPSA) is 79.4 Å². The van der Waals surface area contributed by atoms with Gasteiger partial charge in [-0.25, -0.2) is 0 Å². The Morgan fingerprint density at radius 1 is 1.22 bits per heavy atom. The third kappa shape index (κ3) is 13.9. The van der Waals surface area contributed by atoms with Gasteiger partial charge in [0, 0.05) is 13.5 Å². The minimum absolute atomic E-state index is 0. The third-order valence-electron chi connectivity index (χ3n) is 1.89. The molecule has 5 heteroatoms. The molecular weight excluding hydrogens is 236 g/mol. The normalized spacial score (nSPS) is 21.0. The number of hydrogen-bond donors (Lipinski definition) is 1. The highest BCUT2D eigenvalue weighted by Gasteiger charge is 2.24. The molecule has 1 heterocycles. The molecule has 3 N–H and O–H groups in total. The van der Waals surface area contributed by atoms with Gasteiger partial charge in [-0.05, 0) is 0 Å². The van der Waals surface area contributed by atoms with E-state index >= 15 is 0 Å². The van der Waals surface area contributed by atoms with E-state index in [-0.39, 0.29) is 24.3 Å². The highest BCUT2D eigenvalue weighted by molar-refractivity contribution is 4.72. The van der Waals surface area contributed by atoms with Gasteiger partial charge in [-0.3, -0.25) is 0 Å². The molecule has 0 aromatic rings. The Balaban J connectivity index is -0.000000329. The van der Waals surface area contributed by atoms with Gasteiger partial charge in [0.1, 0.15) is 0 Å². The molecule has 1 rings (SSSR count). The van der Waals surface area contributed by atoms with Gasteiger partial charge in [-0.1, -0.05) is 34.1 Å². The standard InChI is InChI=1S/C8H16O4.C3H8.C2H6.H2O/c1-10-2-3-11-8-4-7(5-9)12-6-8;1-3-2;1-2;/h7-9H,2-6H2,1H3;3H2,1-2H3;1-2H3;1H2/t7-,8?;;;/m0.../s1. The number of aliphatic hydroxyl groups is 1. The maximum atomic E-state index is 8.75. The van der Waals surface area contributed by atoms with Crippen molar-refractivity contribution in [1.82, 2.24) is 0 Å². The summed E-state index contributed by atoms with van der Waals surface area (Å²) < 4.78 is 15.5. The summed E-state index contributed by atoms with van der Waals surface area (Å²) in [5.41, 5.74) is 0. The molecule has 114 valence electrons. The molecule has 0 aromatic heterocycles. The van der Waals surface area contributed by atoms with E-state index in [4.69, 9.17) is 19.3 Å². The van der Waals surface area contributed by atoms with Crippen LogP contribution in [0.1, 0.15) is 40.5 Å². The first kappa shape index (κ1) is 22.9. The molecule has 0 radical (unpaired) electrons. The Morgan fingerprint density at radius 3 is 2.17 bits per heavy atom. The second-order valence-electron chi connectivity index (χ2n) is 3.57. The second kappa shape index (κ2) is 19.1. The summed E-state index contributed by atoms with van der Waals surface area (Å²) in [6.45, 7) is 10.1. The molecule has 0 aromatic carbocycles. The number of aliphatic hydroxyl groups excluding tert-OH is 1. The van der Waals surface area contributed by atoms with Crippen LogP contribution in [0.15, 0.2) is 0 Å². The Kier molecular flexibility index (Phi) is 24.4. The molecule has 2 atom stereocenters. The van der Waals surface area contributed by atoms with Crippen LogP contribution in [0, 0.1) is 0 Å². The van der Waals surface area contributed by atoms with Gasteiger partial charge in [0.25, 0.3) is 0 Å². The molecule has 5 nitrogen and oxygen atoms in total. The van der Waals surface area contributed by atoms with Gasteiger partial charge in [0.05, 0.1) is 38.6 Å². The fourth-order valence-electron chi connectivity index (χ4n) is 1.21. The molecule has 0 spiro atoms. The number of hydrogen-bond acceptors (Lipinski definition) is 4. The highest BCUT2D eigenvalue weighted by atomic mass is 16.6. The molecule has 0 bridgehead atoms. The summed E-state index contributed by atoms with van der Waals surface area (Å²) >= 11 is 0. The quantitative estimate of drug-likeness (QED) is 0.765. The molecule has 1 saturated heterocycles. The summed E-state index contributed by atoms with van der Waals surface area (Å²) in [6.07, 6.45) is 2.15. The van der Waals surface area contributed by atoms with E-state index in [9.17, 15) is 0 Å². The predicted molar refractivity (Wildman–Crippen MR) is 74.0 cm³/mol. The van der Waals surface area contributed by atoms with Crippen molar-refractivity contribution in [1.29, 1.82) is 0 Å². The average molecular weight is 268 g/mol. The second-order valence-corrected chi connectivity index (χ2v) is 3.57. The molecule has 18 heavy (non-hydrogen) atoms. The van der Waals surface area contributed by atoms with Crippen molar-refractivity contribution in [3.05, 3.63) is 0 Å². The summed E-state index contributed by atoms with van der Waals surface area (Å²) in [6, 6.07) is 0. The van der Waals surface area contributed by atoms with Gasteiger partial charge in [-0.15, -0.1) is 0 Å². The lowest BCUT2D eigenvalue weighted by molar-refractivity contribution is 0.00772. The minimum Gasteiger partial charge on any atom is -0.412 e. The zero-order valence-electron chi connectivity index (χ0n) is 12.6. The molecule has 0 saturated carbocycles. The van der Waals surface area contributed by atoms with Crippen LogP contribution in [0.5, 0.6) is 0 Å². The van der Waals surface area contributed by atoms with E-state index in [1.807, 2.05) is 13.8 Å². The van der Waals surface area contributed by atoms with Crippen molar-refractivity contribution in [3.63, 3.8) is 0 Å². The van der Waals surface area contributed by atoms with Crippen LogP contribution >= 0.6 is 0 Å². The summed E-state index contributed by atoms with van der Waals surface area (Å²) in [4.78, 5) is 0. The smallest absolute Gasteiger partial charge is 0.0835 e. The number of ether oxygens (including phenoxy) is 3. The molecule has 0 aliphatic carbocycles. The van der Waals surface area contributed by atoms with Crippen molar-refractivity contribution >= 4 is 0 Å². The molecule has 1 aliphatic heterocycles. The fraction of sp³-hybridized carbons (Fsp3) is 1.00. The van der Waals surface area contributed by atoms with Crippen LogP contribution in [0.4, 0.5) is 0 Å². The van der Waals surface area contributed by atoms with Crippen molar-refractivity contribution < 1.29 is 24.8 Å². The monoisotopic (exact) mass is 268 g/mol. The summed E-state index contributed by atoms with van der Waals surface area (Å²) in [7, 11) is 1.64. The van der Waals surface area contributed by atoms with E-state index in [1.165, 1.54) is 6.42 Å². The highest BCUT2D eigenvalue weighted by Crippen LogP contribution is 2.15. The van der Waals surface area contributed by atoms with Crippen LogP contribution in [0.25, 0.3) is 0 Å². The van der Waals surface area contributed by atoms with Crippen molar-refractivity contribution in [3.8, 4) is 0 Å². The van der Waals surface area contributed by atoms with Gasteiger partial charge < -0.3 is 24.8 Å². The van der Waals surface area contributed by atoms with Crippen molar-refractivity contribution in [2.75, 3.05) is 33.5 Å². The molecule has 0 amide bonds. The van der Waals surface area contributed by atoms with E-state index in [0.29, 0.717) is 19.8 Å². The van der Waals surface area contributed by atoms with Crippen LogP contribution in [-0.2, 0) is 14.2 Å². The largest absolute Gasteiger partial charge is 0.412 e. The summed E-state index contributed by atoms with van der Waals surface area (Å²) in [5.74, 6) is 0. The first-order chi connectivity index (χ1) is 8.28. The number of methoxy groups -OCH3 is 1. The SMILES string of the molecule is CC.CCC.COCCOC1CO[C@H](CO)C1.O. The average Bonchev–Trinajstić information content (AvgIpc) is 2.81. The fourth-order valence-corrected chi connectivity index (χ4v) is 1.21. The first-order valence-electron chi connectivity index (χ1n) is 6.61. The van der Waals surface area contributed by atoms with Crippen LogP contribution in [0.2, 0.25) is 0 Å². The Bertz CT molecular complexity index is 133. The van der Waals surface area contributed by atoms with Crippen LogP contribution in [-0.4, -0.2) is 56.3 Å². The van der Waals surface area contributed by atoms with Gasteiger partial charge in [0.2, 0.25) is 0 Å². The van der Waals surface area contributed by atoms with E-state index in [0.717, 1.165) is 6.42 Å². The molecular formula is C13H32O5. The lowest BCUT2D eigenvalue weighted by Crippen LogP contribution is -2.16. The zero-order chi connectivity index (χ0) is 13.5. The first-order valence-corrected chi connectivity index (χ1v) is 6.61. The molecule has 1 fully saturated rings. The summed E-state index contributed by atoms with van der Waals surface area (Å²) in [5, 5.41) is 8.75. The maximum absolute atomic E-state index is 8.75. The van der Waals surface area contributed by atoms with E-state index < -0.39 is 0 Å². The maximum Gasteiger partial charge on any atom is 0.0835 e. The van der Waals surface area contributed by atoms with Gasteiger partial charge in [0.15, 0.2) is 0 Å².